The zero-order valence-corrected chi connectivity index (χ0v) is 16.1. The molecule has 0 spiro atoms. The number of fused-ring (bicyclic) bond motifs is 1. The van der Waals surface area contributed by atoms with E-state index < -0.39 is 0 Å². The number of amides is 1. The van der Waals surface area contributed by atoms with Gasteiger partial charge in [0.25, 0.3) is 5.91 Å². The number of carbonyl (C=O) groups excluding carboxylic acids is 2. The molecule has 3 rings (SSSR count). The average molecular weight is 380 g/mol. The molecule has 5 nitrogen and oxygen atoms in total. The summed E-state index contributed by atoms with van der Waals surface area (Å²) in [6.45, 7) is 8.36. The molecule has 27 heavy (non-hydrogen) atoms. The summed E-state index contributed by atoms with van der Waals surface area (Å²) in [7, 11) is 0. The second kappa shape index (κ2) is 8.14. The van der Waals surface area contributed by atoms with Crippen molar-refractivity contribution >= 4 is 33.4 Å². The minimum Gasteiger partial charge on any atom is -0.462 e. The first kappa shape index (κ1) is 18.8. The minimum absolute atomic E-state index is 0.301. The van der Waals surface area contributed by atoms with Gasteiger partial charge in [-0.15, -0.1) is 6.58 Å². The summed E-state index contributed by atoms with van der Waals surface area (Å²) in [6.07, 6.45) is 1.75. The van der Waals surface area contributed by atoms with Crippen molar-refractivity contribution in [2.75, 3.05) is 6.61 Å². The molecule has 6 heteroatoms. The van der Waals surface area contributed by atoms with Gasteiger partial charge in [0.05, 0.1) is 22.4 Å². The molecular formula is C21H20N2O3S. The summed E-state index contributed by atoms with van der Waals surface area (Å²) in [5, 5.41) is 0. The van der Waals surface area contributed by atoms with Crippen molar-refractivity contribution in [1.29, 1.82) is 0 Å². The fourth-order valence-corrected chi connectivity index (χ4v) is 3.73. The molecular weight excluding hydrogens is 360 g/mol. The number of carbonyl (C=O) groups is 2. The van der Waals surface area contributed by atoms with Gasteiger partial charge in [-0.1, -0.05) is 35.1 Å². The van der Waals surface area contributed by atoms with E-state index >= 15 is 0 Å². The summed E-state index contributed by atoms with van der Waals surface area (Å²) in [5.74, 6) is -0.665. The van der Waals surface area contributed by atoms with Crippen molar-refractivity contribution in [1.82, 2.24) is 4.57 Å². The van der Waals surface area contributed by atoms with E-state index in [0.717, 1.165) is 15.8 Å². The van der Waals surface area contributed by atoms with Crippen LogP contribution >= 0.6 is 11.3 Å². The second-order valence-electron chi connectivity index (χ2n) is 5.97. The van der Waals surface area contributed by atoms with Gasteiger partial charge in [0.2, 0.25) is 0 Å². The van der Waals surface area contributed by atoms with E-state index in [1.54, 1.807) is 37.3 Å². The molecule has 0 radical (unpaired) electrons. The third kappa shape index (κ3) is 4.06. The maximum absolute atomic E-state index is 12.5. The Labute approximate surface area is 161 Å². The van der Waals surface area contributed by atoms with Crippen molar-refractivity contribution in [3.8, 4) is 0 Å². The molecule has 0 saturated carbocycles. The molecule has 0 aliphatic rings. The highest BCUT2D eigenvalue weighted by Crippen LogP contribution is 2.20. The second-order valence-corrected chi connectivity index (χ2v) is 6.98. The average Bonchev–Trinajstić information content (AvgIpc) is 2.99. The van der Waals surface area contributed by atoms with Crippen LogP contribution in [0.4, 0.5) is 0 Å². The SMILES string of the molecule is C=CCn1c(=NC(=O)c2ccc(C)cc2)sc2cc(C(=O)OCC)ccc21. The molecule has 1 aromatic heterocycles. The molecule has 138 valence electrons. The number of ether oxygens (including phenoxy) is 1. The molecule has 0 aliphatic carbocycles. The Morgan fingerprint density at radius 3 is 2.56 bits per heavy atom. The van der Waals surface area contributed by atoms with Crippen LogP contribution in [0, 0.1) is 6.92 Å². The standard InChI is InChI=1S/C21H20N2O3S/c1-4-12-23-17-11-10-16(20(25)26-5-2)13-18(17)27-21(23)22-19(24)15-8-6-14(3)7-9-15/h4,6-11,13H,1,5,12H2,2-3H3. The van der Waals surface area contributed by atoms with Crippen LogP contribution in [0.3, 0.4) is 0 Å². The van der Waals surface area contributed by atoms with Crippen LogP contribution in [0.1, 0.15) is 33.2 Å². The monoisotopic (exact) mass is 380 g/mol. The van der Waals surface area contributed by atoms with Crippen molar-refractivity contribution in [3.63, 3.8) is 0 Å². The van der Waals surface area contributed by atoms with Crippen LogP contribution in [0.25, 0.3) is 10.2 Å². The molecule has 0 atom stereocenters. The maximum Gasteiger partial charge on any atom is 0.338 e. The zero-order valence-electron chi connectivity index (χ0n) is 15.3. The predicted molar refractivity (Wildman–Crippen MR) is 107 cm³/mol. The van der Waals surface area contributed by atoms with Crippen molar-refractivity contribution in [2.24, 2.45) is 4.99 Å². The Morgan fingerprint density at radius 1 is 1.19 bits per heavy atom. The lowest BCUT2D eigenvalue weighted by Gasteiger charge is -2.03. The van der Waals surface area contributed by atoms with E-state index in [1.807, 2.05) is 29.7 Å². The molecule has 2 aromatic carbocycles. The zero-order chi connectivity index (χ0) is 19.4. The Morgan fingerprint density at radius 2 is 1.89 bits per heavy atom. The number of benzene rings is 2. The topological polar surface area (TPSA) is 60.7 Å². The number of esters is 1. The molecule has 0 unspecified atom stereocenters. The number of hydrogen-bond acceptors (Lipinski definition) is 4. The van der Waals surface area contributed by atoms with E-state index in [9.17, 15) is 9.59 Å². The molecule has 0 saturated heterocycles. The first-order valence-electron chi connectivity index (χ1n) is 8.60. The Bertz CT molecular complexity index is 1070. The quantitative estimate of drug-likeness (QED) is 0.494. The lowest BCUT2D eigenvalue weighted by Crippen LogP contribution is -2.16. The van der Waals surface area contributed by atoms with E-state index in [2.05, 4.69) is 11.6 Å². The van der Waals surface area contributed by atoms with E-state index in [-0.39, 0.29) is 11.9 Å². The number of aromatic nitrogens is 1. The van der Waals surface area contributed by atoms with E-state index in [4.69, 9.17) is 4.74 Å². The summed E-state index contributed by atoms with van der Waals surface area (Å²) in [6, 6.07) is 12.6. The lowest BCUT2D eigenvalue weighted by atomic mass is 10.1. The molecule has 0 fully saturated rings. The van der Waals surface area contributed by atoms with Crippen LogP contribution < -0.4 is 4.80 Å². The first-order valence-corrected chi connectivity index (χ1v) is 9.42. The Kier molecular flexibility index (Phi) is 5.66. The number of nitrogens with zero attached hydrogens (tertiary/aromatic N) is 2. The number of hydrogen-bond donors (Lipinski definition) is 0. The summed E-state index contributed by atoms with van der Waals surface area (Å²) >= 11 is 1.36. The van der Waals surface area contributed by atoms with Gasteiger partial charge < -0.3 is 9.30 Å². The maximum atomic E-state index is 12.5. The number of aryl methyl sites for hydroxylation is 1. The van der Waals surface area contributed by atoms with Gasteiger partial charge in [-0.05, 0) is 44.2 Å². The van der Waals surface area contributed by atoms with Gasteiger partial charge in [0.15, 0.2) is 4.80 Å². The smallest absolute Gasteiger partial charge is 0.338 e. The Balaban J connectivity index is 2.09. The third-order valence-electron chi connectivity index (χ3n) is 4.00. The van der Waals surface area contributed by atoms with Gasteiger partial charge in [0.1, 0.15) is 0 Å². The highest BCUT2D eigenvalue weighted by molar-refractivity contribution is 7.16. The molecule has 0 N–H and O–H groups in total. The normalized spacial score (nSPS) is 11.6. The summed E-state index contributed by atoms with van der Waals surface area (Å²) < 4.78 is 7.83. The molecule has 1 amide bonds. The number of thiazole rings is 1. The molecule has 1 heterocycles. The van der Waals surface area contributed by atoms with Gasteiger partial charge in [-0.3, -0.25) is 4.79 Å². The largest absolute Gasteiger partial charge is 0.462 e. The van der Waals surface area contributed by atoms with E-state index in [0.29, 0.717) is 29.1 Å². The van der Waals surface area contributed by atoms with Crippen LogP contribution in [-0.4, -0.2) is 23.1 Å². The molecule has 0 bridgehead atoms. The summed E-state index contributed by atoms with van der Waals surface area (Å²) in [4.78, 5) is 29.4. The van der Waals surface area contributed by atoms with Gasteiger partial charge in [-0.25, -0.2) is 4.79 Å². The van der Waals surface area contributed by atoms with Gasteiger partial charge in [-0.2, -0.15) is 4.99 Å². The molecule has 3 aromatic rings. The molecule has 0 aliphatic heterocycles. The van der Waals surface area contributed by atoms with Gasteiger partial charge in [0, 0.05) is 12.1 Å². The van der Waals surface area contributed by atoms with Crippen molar-refractivity contribution in [3.05, 3.63) is 76.6 Å². The van der Waals surface area contributed by atoms with Crippen LogP contribution in [0.2, 0.25) is 0 Å². The third-order valence-corrected chi connectivity index (χ3v) is 5.04. The first-order chi connectivity index (χ1) is 13.0. The van der Waals surface area contributed by atoms with Crippen molar-refractivity contribution in [2.45, 2.75) is 20.4 Å². The van der Waals surface area contributed by atoms with E-state index in [1.165, 1.54) is 11.3 Å². The Hall–Kier alpha value is -2.99. The lowest BCUT2D eigenvalue weighted by molar-refractivity contribution is 0.0526. The minimum atomic E-state index is -0.364. The van der Waals surface area contributed by atoms with Crippen LogP contribution in [0.15, 0.2) is 60.1 Å². The predicted octanol–water partition coefficient (Wildman–Crippen LogP) is 4.12. The number of allylic oxidation sites excluding steroid dienone is 1. The van der Waals surface area contributed by atoms with Crippen LogP contribution in [-0.2, 0) is 11.3 Å². The fourth-order valence-electron chi connectivity index (χ4n) is 2.65. The fraction of sp³-hybridized carbons (Fsp3) is 0.190. The highest BCUT2D eigenvalue weighted by Gasteiger charge is 2.12. The summed E-state index contributed by atoms with van der Waals surface area (Å²) in [5.41, 5.74) is 2.99. The van der Waals surface area contributed by atoms with Crippen molar-refractivity contribution < 1.29 is 14.3 Å². The highest BCUT2D eigenvalue weighted by atomic mass is 32.1. The van der Waals surface area contributed by atoms with Gasteiger partial charge >= 0.3 is 5.97 Å². The number of rotatable bonds is 5. The van der Waals surface area contributed by atoms with Crippen LogP contribution in [0.5, 0.6) is 0 Å².